The molecule has 2 aliphatic carbocycles. The molecule has 2 fully saturated rings. The zero-order valence-corrected chi connectivity index (χ0v) is 14.5. The first kappa shape index (κ1) is 17.6. The molecule has 0 spiro atoms. The predicted octanol–water partition coefficient (Wildman–Crippen LogP) is 6.61. The molecule has 2 heteroatoms. The molecule has 0 N–H and O–H groups in total. The molecule has 3 rings (SSSR count). The van der Waals surface area contributed by atoms with Gasteiger partial charge in [-0.05, 0) is 106 Å². The van der Waals surface area contributed by atoms with Gasteiger partial charge in [0.15, 0.2) is 11.6 Å². The van der Waals surface area contributed by atoms with Crippen LogP contribution in [0.3, 0.4) is 0 Å². The van der Waals surface area contributed by atoms with Gasteiger partial charge in [-0.2, -0.15) is 0 Å². The lowest BCUT2D eigenvalue weighted by molar-refractivity contribution is 0.311. The predicted molar refractivity (Wildman–Crippen MR) is 95.3 cm³/mol. The summed E-state index contributed by atoms with van der Waals surface area (Å²) in [6, 6.07) is 4.29. The van der Waals surface area contributed by atoms with Crippen LogP contribution in [0.1, 0.15) is 63.4 Å². The Bertz CT molecular complexity index is 535. The quantitative estimate of drug-likeness (QED) is 0.533. The third kappa shape index (κ3) is 4.46. The maximum Gasteiger partial charge on any atom is 0.159 e. The van der Waals surface area contributed by atoms with Crippen molar-refractivity contribution in [3.63, 3.8) is 0 Å². The molecule has 0 aromatic heterocycles. The lowest BCUT2D eigenvalue weighted by Gasteiger charge is -2.36. The third-order valence-corrected chi connectivity index (χ3v) is 6.03. The molecule has 0 heterocycles. The summed E-state index contributed by atoms with van der Waals surface area (Å²) in [4.78, 5) is 0. The Balaban J connectivity index is 1.40. The first-order valence-corrected chi connectivity index (χ1v) is 9.40. The van der Waals surface area contributed by atoms with Gasteiger partial charge in [0.2, 0.25) is 0 Å². The fourth-order valence-corrected chi connectivity index (χ4v) is 4.36. The summed E-state index contributed by atoms with van der Waals surface area (Å²) in [5.74, 6) is 3.48. The van der Waals surface area contributed by atoms with Crippen LogP contribution in [0.4, 0.5) is 8.78 Å². The Hall–Kier alpha value is -1.18. The molecule has 0 bridgehead atoms. The minimum atomic E-state index is -0.755. The summed E-state index contributed by atoms with van der Waals surface area (Å²) in [5, 5.41) is 0. The van der Waals surface area contributed by atoms with Crippen LogP contribution >= 0.6 is 0 Å². The van der Waals surface area contributed by atoms with Gasteiger partial charge in [0.25, 0.3) is 0 Å². The highest BCUT2D eigenvalue weighted by Crippen LogP contribution is 2.44. The van der Waals surface area contributed by atoms with Gasteiger partial charge in [0.1, 0.15) is 0 Å². The van der Waals surface area contributed by atoms with Crippen molar-refractivity contribution in [3.8, 4) is 0 Å². The summed E-state index contributed by atoms with van der Waals surface area (Å²) in [5.41, 5.74) is 0.903. The maximum absolute atomic E-state index is 13.3. The topological polar surface area (TPSA) is 0 Å². The van der Waals surface area contributed by atoms with E-state index in [9.17, 15) is 8.78 Å². The van der Waals surface area contributed by atoms with Gasteiger partial charge in [0.05, 0.1) is 0 Å². The molecule has 2 saturated carbocycles. The van der Waals surface area contributed by atoms with E-state index in [-0.39, 0.29) is 0 Å². The van der Waals surface area contributed by atoms with E-state index in [0.29, 0.717) is 0 Å². The van der Waals surface area contributed by atoms with E-state index in [2.05, 4.69) is 12.7 Å². The Labute approximate surface area is 145 Å². The van der Waals surface area contributed by atoms with Crippen LogP contribution in [-0.2, 0) is 6.42 Å². The van der Waals surface area contributed by atoms with Crippen molar-refractivity contribution in [3.05, 3.63) is 59.9 Å². The van der Waals surface area contributed by atoms with E-state index < -0.39 is 11.6 Å². The van der Waals surface area contributed by atoms with Crippen LogP contribution in [-0.4, -0.2) is 0 Å². The standard InChI is InChI=1S/C22H28F2/c1-2-16-5-10-19(11-6-16)20-12-7-17(8-13-20)3-4-18-9-14-21(23)22(24)15-18/h2,9,14-16,20H,1,3-8,10-13H2. The summed E-state index contributed by atoms with van der Waals surface area (Å²) in [7, 11) is 0. The highest BCUT2D eigenvalue weighted by atomic mass is 19.2. The summed E-state index contributed by atoms with van der Waals surface area (Å²) < 4.78 is 26.2. The van der Waals surface area contributed by atoms with E-state index in [1.165, 1.54) is 63.5 Å². The Morgan fingerprint density at radius 1 is 0.917 bits per heavy atom. The van der Waals surface area contributed by atoms with Crippen LogP contribution in [0.15, 0.2) is 30.9 Å². The molecule has 0 nitrogen and oxygen atoms in total. The highest BCUT2D eigenvalue weighted by Gasteiger charge is 2.30. The minimum absolute atomic E-state index is 0.729. The van der Waals surface area contributed by atoms with Gasteiger partial charge < -0.3 is 0 Å². The van der Waals surface area contributed by atoms with E-state index in [0.717, 1.165) is 30.2 Å². The largest absolute Gasteiger partial charge is 0.204 e. The van der Waals surface area contributed by atoms with E-state index in [4.69, 9.17) is 0 Å². The molecule has 1 aromatic rings. The number of halogens is 2. The van der Waals surface area contributed by atoms with Crippen molar-refractivity contribution < 1.29 is 8.78 Å². The maximum atomic E-state index is 13.3. The smallest absolute Gasteiger partial charge is 0.159 e. The lowest BCUT2D eigenvalue weighted by Crippen LogP contribution is -2.23. The Morgan fingerprint density at radius 3 is 2.25 bits per heavy atom. The molecule has 1 aromatic carbocycles. The molecule has 130 valence electrons. The number of hydrogen-bond acceptors (Lipinski definition) is 0. The summed E-state index contributed by atoms with van der Waals surface area (Å²) in [6.45, 7) is 3.93. The zero-order valence-electron chi connectivity index (χ0n) is 14.5. The molecule has 2 aliphatic rings. The second kappa shape index (κ2) is 8.27. The summed E-state index contributed by atoms with van der Waals surface area (Å²) >= 11 is 0. The molecule has 0 unspecified atom stereocenters. The van der Waals surface area contributed by atoms with Gasteiger partial charge in [-0.1, -0.05) is 12.1 Å². The first-order chi connectivity index (χ1) is 11.7. The molecule has 0 saturated heterocycles. The second-order valence-corrected chi connectivity index (χ2v) is 7.50. The van der Waals surface area contributed by atoms with Gasteiger partial charge in [-0.3, -0.25) is 0 Å². The van der Waals surface area contributed by atoms with Gasteiger partial charge in [-0.15, -0.1) is 6.58 Å². The molecule has 0 amide bonds. The minimum Gasteiger partial charge on any atom is -0.204 e. The number of allylic oxidation sites excluding steroid dienone is 1. The summed E-state index contributed by atoms with van der Waals surface area (Å²) in [6.07, 6.45) is 14.2. The SMILES string of the molecule is C=CC1CC[C](C2CC[C](CCc3ccc(F)c(F)c3)CC2)CC1. The Kier molecular flexibility index (Phi) is 6.08. The van der Waals surface area contributed by atoms with Gasteiger partial charge >= 0.3 is 0 Å². The van der Waals surface area contributed by atoms with Crippen LogP contribution in [0.5, 0.6) is 0 Å². The number of rotatable bonds is 5. The van der Waals surface area contributed by atoms with Crippen molar-refractivity contribution in [2.75, 3.05) is 0 Å². The van der Waals surface area contributed by atoms with Crippen molar-refractivity contribution in [2.45, 2.75) is 64.2 Å². The van der Waals surface area contributed by atoms with Crippen molar-refractivity contribution in [2.24, 2.45) is 11.8 Å². The second-order valence-electron chi connectivity index (χ2n) is 7.50. The Morgan fingerprint density at radius 2 is 1.62 bits per heavy atom. The van der Waals surface area contributed by atoms with Gasteiger partial charge in [0, 0.05) is 0 Å². The number of benzene rings is 1. The van der Waals surface area contributed by atoms with Crippen molar-refractivity contribution in [1.29, 1.82) is 0 Å². The van der Waals surface area contributed by atoms with Crippen LogP contribution in [0.25, 0.3) is 0 Å². The average Bonchev–Trinajstić information content (AvgIpc) is 2.63. The first-order valence-electron chi connectivity index (χ1n) is 9.40. The van der Waals surface area contributed by atoms with E-state index in [1.54, 1.807) is 17.9 Å². The number of aryl methyl sites for hydroxylation is 1. The van der Waals surface area contributed by atoms with Crippen LogP contribution in [0, 0.1) is 35.3 Å². The lowest BCUT2D eigenvalue weighted by atomic mass is 9.68. The normalized spacial score (nSPS) is 21.9. The monoisotopic (exact) mass is 330 g/mol. The highest BCUT2D eigenvalue weighted by molar-refractivity contribution is 5.19. The molecule has 24 heavy (non-hydrogen) atoms. The zero-order chi connectivity index (χ0) is 16.9. The fraction of sp³-hybridized carbons (Fsp3) is 0.545. The van der Waals surface area contributed by atoms with E-state index >= 15 is 0 Å². The van der Waals surface area contributed by atoms with Crippen LogP contribution in [0.2, 0.25) is 0 Å². The van der Waals surface area contributed by atoms with Crippen molar-refractivity contribution >= 4 is 0 Å². The van der Waals surface area contributed by atoms with Crippen LogP contribution < -0.4 is 0 Å². The third-order valence-electron chi connectivity index (χ3n) is 6.03. The molecule has 0 aliphatic heterocycles. The fourth-order valence-electron chi connectivity index (χ4n) is 4.36. The van der Waals surface area contributed by atoms with E-state index in [1.807, 2.05) is 0 Å². The number of hydrogen-bond donors (Lipinski definition) is 0. The molecular formula is C22H28F2. The molecule has 0 atom stereocenters. The van der Waals surface area contributed by atoms with Gasteiger partial charge in [-0.25, -0.2) is 8.78 Å². The molecule has 2 radical (unpaired) electrons. The average molecular weight is 330 g/mol. The molecular weight excluding hydrogens is 302 g/mol. The van der Waals surface area contributed by atoms with Crippen molar-refractivity contribution in [1.82, 2.24) is 0 Å².